The summed E-state index contributed by atoms with van der Waals surface area (Å²) in [4.78, 5) is 0. The molecule has 2 fully saturated rings. The van der Waals surface area contributed by atoms with Gasteiger partial charge in [0.05, 0.1) is 0 Å². The summed E-state index contributed by atoms with van der Waals surface area (Å²) < 4.78 is 0. The number of hydrogen-bond donors (Lipinski definition) is 1. The fourth-order valence-corrected chi connectivity index (χ4v) is 3.86. The van der Waals surface area contributed by atoms with Gasteiger partial charge in [-0.15, -0.1) is 0 Å². The second-order valence-corrected chi connectivity index (χ2v) is 7.33. The van der Waals surface area contributed by atoms with Crippen molar-refractivity contribution in [3.63, 3.8) is 0 Å². The van der Waals surface area contributed by atoms with E-state index in [0.29, 0.717) is 10.8 Å². The first-order valence-corrected chi connectivity index (χ1v) is 7.18. The molecule has 0 aromatic rings. The second-order valence-electron chi connectivity index (χ2n) is 7.33. The van der Waals surface area contributed by atoms with E-state index in [-0.39, 0.29) is 0 Å². The molecule has 2 saturated carbocycles. The second kappa shape index (κ2) is 4.33. The van der Waals surface area contributed by atoms with Gasteiger partial charge in [-0.1, -0.05) is 27.2 Å². The Kier molecular flexibility index (Phi) is 3.36. The lowest BCUT2D eigenvalue weighted by Crippen LogP contribution is -2.45. The third-order valence-corrected chi connectivity index (χ3v) is 5.58. The van der Waals surface area contributed by atoms with Crippen LogP contribution in [0.1, 0.15) is 65.7 Å². The molecule has 1 heteroatoms. The van der Waals surface area contributed by atoms with Gasteiger partial charge in [-0.3, -0.25) is 0 Å². The quantitative estimate of drug-likeness (QED) is 0.753. The summed E-state index contributed by atoms with van der Waals surface area (Å²) in [7, 11) is 0. The topological polar surface area (TPSA) is 26.0 Å². The predicted octanol–water partition coefficient (Wildman–Crippen LogP) is 3.97. The van der Waals surface area contributed by atoms with Gasteiger partial charge in [-0.05, 0) is 67.7 Å². The highest BCUT2D eigenvalue weighted by atomic mass is 14.6. The van der Waals surface area contributed by atoms with Crippen LogP contribution in [0.4, 0.5) is 0 Å². The maximum absolute atomic E-state index is 6.10. The van der Waals surface area contributed by atoms with Crippen molar-refractivity contribution < 1.29 is 0 Å². The Morgan fingerprint density at radius 3 is 1.94 bits per heavy atom. The molecule has 0 spiro atoms. The molecule has 0 radical (unpaired) electrons. The molecule has 0 atom stereocenters. The third-order valence-electron chi connectivity index (χ3n) is 5.58. The molecule has 0 heterocycles. The molecule has 0 amide bonds. The van der Waals surface area contributed by atoms with Crippen LogP contribution in [0.3, 0.4) is 0 Å². The number of hydrogen-bond acceptors (Lipinski definition) is 1. The first-order valence-electron chi connectivity index (χ1n) is 7.18. The Bertz CT molecular complexity index is 226. The van der Waals surface area contributed by atoms with Crippen LogP contribution in [0.15, 0.2) is 0 Å². The molecular formula is C15H29N. The van der Waals surface area contributed by atoms with E-state index in [1.165, 1.54) is 44.9 Å². The van der Waals surface area contributed by atoms with Crippen molar-refractivity contribution in [3.8, 4) is 0 Å². The van der Waals surface area contributed by atoms with E-state index >= 15 is 0 Å². The highest BCUT2D eigenvalue weighted by molar-refractivity contribution is 4.96. The molecule has 16 heavy (non-hydrogen) atoms. The summed E-state index contributed by atoms with van der Waals surface area (Å²) in [5.41, 5.74) is 7.15. The Morgan fingerprint density at radius 2 is 1.62 bits per heavy atom. The number of nitrogens with two attached hydrogens (primary N) is 1. The SMILES string of the molecule is CC(C)(C)C1CCC(CN)(C2CCC2)CC1. The van der Waals surface area contributed by atoms with E-state index in [4.69, 9.17) is 5.73 Å². The van der Waals surface area contributed by atoms with Gasteiger partial charge >= 0.3 is 0 Å². The molecule has 2 aliphatic rings. The van der Waals surface area contributed by atoms with Crippen LogP contribution in [0.2, 0.25) is 0 Å². The molecule has 0 aromatic heterocycles. The van der Waals surface area contributed by atoms with Gasteiger partial charge in [-0.25, -0.2) is 0 Å². The van der Waals surface area contributed by atoms with Gasteiger partial charge in [-0.2, -0.15) is 0 Å². The van der Waals surface area contributed by atoms with Crippen molar-refractivity contribution >= 4 is 0 Å². The van der Waals surface area contributed by atoms with Gasteiger partial charge in [0, 0.05) is 0 Å². The summed E-state index contributed by atoms with van der Waals surface area (Å²) in [6.45, 7) is 8.14. The first kappa shape index (κ1) is 12.4. The van der Waals surface area contributed by atoms with Crippen LogP contribution in [-0.2, 0) is 0 Å². The minimum Gasteiger partial charge on any atom is -0.330 e. The van der Waals surface area contributed by atoms with Gasteiger partial charge in [0.1, 0.15) is 0 Å². The van der Waals surface area contributed by atoms with Crippen LogP contribution in [0.25, 0.3) is 0 Å². The molecule has 0 saturated heterocycles. The van der Waals surface area contributed by atoms with Crippen molar-refractivity contribution in [2.45, 2.75) is 65.7 Å². The molecule has 2 N–H and O–H groups in total. The fourth-order valence-electron chi connectivity index (χ4n) is 3.86. The van der Waals surface area contributed by atoms with Gasteiger partial charge in [0.15, 0.2) is 0 Å². The first-order chi connectivity index (χ1) is 7.48. The van der Waals surface area contributed by atoms with Crippen LogP contribution >= 0.6 is 0 Å². The highest BCUT2D eigenvalue weighted by Gasteiger charge is 2.44. The van der Waals surface area contributed by atoms with Crippen LogP contribution in [0, 0.1) is 22.7 Å². The largest absolute Gasteiger partial charge is 0.330 e. The maximum atomic E-state index is 6.10. The Hall–Kier alpha value is -0.0400. The average molecular weight is 223 g/mol. The van der Waals surface area contributed by atoms with Gasteiger partial charge < -0.3 is 5.73 Å². The standard InChI is InChI=1S/C15H29N/c1-14(2,3)12-7-9-15(11-16,10-8-12)13-5-4-6-13/h12-13H,4-11,16H2,1-3H3. The zero-order chi connectivity index (χ0) is 11.8. The molecule has 0 aromatic carbocycles. The normalized spacial score (nSPS) is 37.1. The van der Waals surface area contributed by atoms with Crippen molar-refractivity contribution in [1.29, 1.82) is 0 Å². The van der Waals surface area contributed by atoms with E-state index in [1.807, 2.05) is 0 Å². The van der Waals surface area contributed by atoms with E-state index in [2.05, 4.69) is 20.8 Å². The van der Waals surface area contributed by atoms with E-state index < -0.39 is 0 Å². The van der Waals surface area contributed by atoms with E-state index in [0.717, 1.165) is 18.4 Å². The zero-order valence-electron chi connectivity index (χ0n) is 11.4. The Labute approximate surface area is 101 Å². The van der Waals surface area contributed by atoms with Crippen molar-refractivity contribution in [1.82, 2.24) is 0 Å². The lowest BCUT2D eigenvalue weighted by molar-refractivity contribution is 0.0111. The molecule has 2 aliphatic carbocycles. The summed E-state index contributed by atoms with van der Waals surface area (Å²) in [5.74, 6) is 1.89. The summed E-state index contributed by atoms with van der Waals surface area (Å²) in [6, 6.07) is 0. The maximum Gasteiger partial charge on any atom is -0.00179 e. The molecular weight excluding hydrogens is 194 g/mol. The third kappa shape index (κ3) is 2.16. The lowest BCUT2D eigenvalue weighted by Gasteiger charge is -2.50. The van der Waals surface area contributed by atoms with Crippen molar-refractivity contribution in [2.75, 3.05) is 6.54 Å². The summed E-state index contributed by atoms with van der Waals surface area (Å²) >= 11 is 0. The van der Waals surface area contributed by atoms with E-state index in [9.17, 15) is 0 Å². The highest BCUT2D eigenvalue weighted by Crippen LogP contribution is 2.53. The molecule has 0 bridgehead atoms. The predicted molar refractivity (Wildman–Crippen MR) is 70.2 cm³/mol. The summed E-state index contributed by atoms with van der Waals surface area (Å²) in [6.07, 6.45) is 9.99. The minimum atomic E-state index is 0.500. The molecule has 0 aliphatic heterocycles. The fraction of sp³-hybridized carbons (Fsp3) is 1.00. The van der Waals surface area contributed by atoms with Crippen molar-refractivity contribution in [3.05, 3.63) is 0 Å². The van der Waals surface area contributed by atoms with Crippen LogP contribution in [-0.4, -0.2) is 6.54 Å². The minimum absolute atomic E-state index is 0.500. The zero-order valence-corrected chi connectivity index (χ0v) is 11.4. The number of rotatable bonds is 2. The van der Waals surface area contributed by atoms with Gasteiger partial charge in [0.25, 0.3) is 0 Å². The summed E-state index contributed by atoms with van der Waals surface area (Å²) in [5, 5.41) is 0. The average Bonchev–Trinajstić information content (AvgIpc) is 2.14. The molecule has 0 unspecified atom stereocenters. The molecule has 1 nitrogen and oxygen atoms in total. The lowest BCUT2D eigenvalue weighted by atomic mass is 9.55. The van der Waals surface area contributed by atoms with Crippen molar-refractivity contribution in [2.24, 2.45) is 28.4 Å². The molecule has 94 valence electrons. The Morgan fingerprint density at radius 1 is 1.06 bits per heavy atom. The smallest absolute Gasteiger partial charge is 0.00179 e. The van der Waals surface area contributed by atoms with E-state index in [1.54, 1.807) is 0 Å². The monoisotopic (exact) mass is 223 g/mol. The Balaban J connectivity index is 1.96. The van der Waals surface area contributed by atoms with Crippen LogP contribution in [0.5, 0.6) is 0 Å². The molecule has 2 rings (SSSR count). The van der Waals surface area contributed by atoms with Crippen LogP contribution < -0.4 is 5.73 Å². The van der Waals surface area contributed by atoms with Gasteiger partial charge in [0.2, 0.25) is 0 Å².